The molecule has 3 aromatic rings. The zero-order valence-corrected chi connectivity index (χ0v) is 17.9. The first-order valence-corrected chi connectivity index (χ1v) is 10.1. The van der Waals surface area contributed by atoms with E-state index in [1.165, 1.54) is 0 Å². The fourth-order valence-electron chi connectivity index (χ4n) is 2.92. The summed E-state index contributed by atoms with van der Waals surface area (Å²) >= 11 is 5.89. The molecule has 30 heavy (non-hydrogen) atoms. The third-order valence-electron chi connectivity index (χ3n) is 4.50. The summed E-state index contributed by atoms with van der Waals surface area (Å²) in [7, 11) is 1.59. The molecule has 0 bridgehead atoms. The van der Waals surface area contributed by atoms with E-state index in [2.05, 4.69) is 15.5 Å². The van der Waals surface area contributed by atoms with Crippen LogP contribution in [0.5, 0.6) is 11.5 Å². The zero-order chi connectivity index (χ0) is 21.5. The van der Waals surface area contributed by atoms with Crippen LogP contribution in [0.25, 0.3) is 11.4 Å². The van der Waals surface area contributed by atoms with Crippen LogP contribution in [-0.2, 0) is 11.2 Å². The van der Waals surface area contributed by atoms with Gasteiger partial charge in [-0.25, -0.2) is 0 Å². The third-order valence-corrected chi connectivity index (χ3v) is 4.75. The molecule has 2 aromatic carbocycles. The van der Waals surface area contributed by atoms with Gasteiger partial charge in [0.1, 0.15) is 0 Å². The summed E-state index contributed by atoms with van der Waals surface area (Å²) in [6.07, 6.45) is 0.590. The molecular formula is C22H24ClN3O4. The standard InChI is InChI=1S/C22H24ClN3O4/c1-4-29-18-10-7-16(13-19(18)28-3)14(2)24-20(27)11-12-21-25-22(26-30-21)15-5-8-17(23)9-6-15/h5-10,13-14H,4,11-12H2,1-3H3,(H,24,27). The fraction of sp³-hybridized carbons (Fsp3) is 0.318. The van der Waals surface area contributed by atoms with Crippen LogP contribution in [-0.4, -0.2) is 29.8 Å². The van der Waals surface area contributed by atoms with Crippen molar-refractivity contribution in [3.05, 3.63) is 58.9 Å². The van der Waals surface area contributed by atoms with Crippen molar-refractivity contribution in [3.63, 3.8) is 0 Å². The highest BCUT2D eigenvalue weighted by Gasteiger charge is 2.15. The van der Waals surface area contributed by atoms with Gasteiger partial charge in [-0.2, -0.15) is 4.98 Å². The van der Waals surface area contributed by atoms with Gasteiger partial charge in [0.05, 0.1) is 19.8 Å². The van der Waals surface area contributed by atoms with Gasteiger partial charge in [-0.05, 0) is 55.8 Å². The molecule has 1 amide bonds. The Balaban J connectivity index is 1.55. The molecule has 0 radical (unpaired) electrons. The molecule has 0 aliphatic carbocycles. The number of halogens is 1. The fourth-order valence-corrected chi connectivity index (χ4v) is 3.04. The van der Waals surface area contributed by atoms with E-state index in [0.29, 0.717) is 41.3 Å². The molecule has 0 saturated heterocycles. The Morgan fingerprint density at radius 3 is 2.67 bits per heavy atom. The van der Waals surface area contributed by atoms with Crippen LogP contribution >= 0.6 is 11.6 Å². The molecule has 1 heterocycles. The SMILES string of the molecule is CCOc1ccc(C(C)NC(=O)CCc2nc(-c3ccc(Cl)cc3)no2)cc1OC. The number of carbonyl (C=O) groups excluding carboxylic acids is 1. The van der Waals surface area contributed by atoms with Crippen molar-refractivity contribution in [2.45, 2.75) is 32.7 Å². The van der Waals surface area contributed by atoms with E-state index >= 15 is 0 Å². The van der Waals surface area contributed by atoms with Gasteiger partial charge in [0.2, 0.25) is 17.6 Å². The van der Waals surface area contributed by atoms with Crippen molar-refractivity contribution >= 4 is 17.5 Å². The van der Waals surface area contributed by atoms with Gasteiger partial charge in [0.15, 0.2) is 11.5 Å². The Morgan fingerprint density at radius 1 is 1.20 bits per heavy atom. The lowest BCUT2D eigenvalue weighted by molar-refractivity contribution is -0.121. The van der Waals surface area contributed by atoms with Crippen molar-refractivity contribution in [1.29, 1.82) is 0 Å². The second kappa shape index (κ2) is 10.1. The average molecular weight is 430 g/mol. The topological polar surface area (TPSA) is 86.5 Å². The highest BCUT2D eigenvalue weighted by molar-refractivity contribution is 6.30. The molecule has 158 valence electrons. The number of hydrogen-bond donors (Lipinski definition) is 1. The van der Waals surface area contributed by atoms with Gasteiger partial charge in [0, 0.05) is 23.4 Å². The normalized spacial score (nSPS) is 11.7. The number of aromatic nitrogens is 2. The Bertz CT molecular complexity index is 988. The van der Waals surface area contributed by atoms with Crippen molar-refractivity contribution in [1.82, 2.24) is 15.5 Å². The summed E-state index contributed by atoms with van der Waals surface area (Å²) in [6.45, 7) is 4.38. The Labute approximate surface area is 180 Å². The van der Waals surface area contributed by atoms with Crippen LogP contribution in [0.3, 0.4) is 0 Å². The van der Waals surface area contributed by atoms with Crippen LogP contribution in [0.4, 0.5) is 0 Å². The van der Waals surface area contributed by atoms with E-state index in [-0.39, 0.29) is 18.4 Å². The minimum absolute atomic E-state index is 0.110. The maximum absolute atomic E-state index is 12.4. The lowest BCUT2D eigenvalue weighted by Crippen LogP contribution is -2.26. The van der Waals surface area contributed by atoms with Crippen molar-refractivity contribution in [2.75, 3.05) is 13.7 Å². The first kappa shape index (κ1) is 21.6. The highest BCUT2D eigenvalue weighted by Crippen LogP contribution is 2.30. The summed E-state index contributed by atoms with van der Waals surface area (Å²) in [5.41, 5.74) is 1.73. The molecule has 0 aliphatic heterocycles. The molecule has 0 saturated carbocycles. The predicted molar refractivity (Wildman–Crippen MR) is 114 cm³/mol. The van der Waals surface area contributed by atoms with Crippen molar-refractivity contribution in [3.8, 4) is 22.9 Å². The largest absolute Gasteiger partial charge is 0.493 e. The molecule has 0 aliphatic rings. The quantitative estimate of drug-likeness (QED) is 0.534. The molecule has 3 rings (SSSR count). The summed E-state index contributed by atoms with van der Waals surface area (Å²) in [6, 6.07) is 12.6. The monoisotopic (exact) mass is 429 g/mol. The third kappa shape index (κ3) is 5.51. The molecule has 1 N–H and O–H groups in total. The first-order chi connectivity index (χ1) is 14.5. The molecule has 1 unspecified atom stereocenters. The van der Waals surface area contributed by atoms with Crippen LogP contribution in [0.1, 0.15) is 37.8 Å². The number of rotatable bonds is 9. The molecular weight excluding hydrogens is 406 g/mol. The van der Waals surface area contributed by atoms with Crippen LogP contribution in [0, 0.1) is 0 Å². The molecule has 7 nitrogen and oxygen atoms in total. The second-order valence-corrected chi connectivity index (χ2v) is 7.09. The van der Waals surface area contributed by atoms with E-state index in [1.807, 2.05) is 44.2 Å². The molecule has 0 spiro atoms. The smallest absolute Gasteiger partial charge is 0.227 e. The average Bonchev–Trinajstić information content (AvgIpc) is 3.22. The number of methoxy groups -OCH3 is 1. The molecule has 8 heteroatoms. The van der Waals surface area contributed by atoms with Crippen LogP contribution in [0.2, 0.25) is 5.02 Å². The lowest BCUT2D eigenvalue weighted by atomic mass is 10.1. The van der Waals surface area contributed by atoms with Gasteiger partial charge in [-0.15, -0.1) is 0 Å². The number of ether oxygens (including phenoxy) is 2. The maximum atomic E-state index is 12.4. The number of nitrogens with zero attached hydrogens (tertiary/aromatic N) is 2. The van der Waals surface area contributed by atoms with Gasteiger partial charge < -0.3 is 19.3 Å². The van der Waals surface area contributed by atoms with Gasteiger partial charge in [-0.3, -0.25) is 4.79 Å². The Hall–Kier alpha value is -3.06. The van der Waals surface area contributed by atoms with E-state index in [1.54, 1.807) is 19.2 Å². The van der Waals surface area contributed by atoms with E-state index in [4.69, 9.17) is 25.6 Å². The molecule has 1 aromatic heterocycles. The summed E-state index contributed by atoms with van der Waals surface area (Å²) in [5.74, 6) is 2.08. The number of benzene rings is 2. The van der Waals surface area contributed by atoms with Gasteiger partial charge in [0.25, 0.3) is 0 Å². The van der Waals surface area contributed by atoms with Gasteiger partial charge in [-0.1, -0.05) is 22.8 Å². The predicted octanol–water partition coefficient (Wildman–Crippen LogP) is 4.61. The number of hydrogen-bond acceptors (Lipinski definition) is 6. The Kier molecular flexibility index (Phi) is 7.30. The Morgan fingerprint density at radius 2 is 1.97 bits per heavy atom. The maximum Gasteiger partial charge on any atom is 0.227 e. The van der Waals surface area contributed by atoms with Crippen LogP contribution in [0.15, 0.2) is 47.0 Å². The summed E-state index contributed by atoms with van der Waals surface area (Å²) < 4.78 is 16.2. The van der Waals surface area contributed by atoms with Crippen molar-refractivity contribution in [2.24, 2.45) is 0 Å². The number of aryl methyl sites for hydroxylation is 1. The highest BCUT2D eigenvalue weighted by atomic mass is 35.5. The molecule has 1 atom stereocenters. The van der Waals surface area contributed by atoms with E-state index < -0.39 is 0 Å². The number of amides is 1. The first-order valence-electron chi connectivity index (χ1n) is 9.68. The zero-order valence-electron chi connectivity index (χ0n) is 17.1. The summed E-state index contributed by atoms with van der Waals surface area (Å²) in [4.78, 5) is 16.7. The van der Waals surface area contributed by atoms with E-state index in [9.17, 15) is 4.79 Å². The minimum atomic E-state index is -0.186. The van der Waals surface area contributed by atoms with E-state index in [0.717, 1.165) is 11.1 Å². The summed E-state index contributed by atoms with van der Waals surface area (Å²) in [5, 5.41) is 7.57. The number of nitrogens with one attached hydrogen (secondary N) is 1. The second-order valence-electron chi connectivity index (χ2n) is 6.65. The van der Waals surface area contributed by atoms with Crippen molar-refractivity contribution < 1.29 is 18.8 Å². The lowest BCUT2D eigenvalue weighted by Gasteiger charge is -2.16. The minimum Gasteiger partial charge on any atom is -0.493 e. The molecule has 0 fully saturated rings. The van der Waals surface area contributed by atoms with Gasteiger partial charge >= 0.3 is 0 Å². The number of carbonyl (C=O) groups is 1. The van der Waals surface area contributed by atoms with Crippen LogP contribution < -0.4 is 14.8 Å².